The Hall–Kier alpha value is -3.61. The molecule has 2 aromatic rings. The molecule has 34 heavy (non-hydrogen) atoms. The molecule has 2 aromatic carbocycles. The largest absolute Gasteiger partial charge is 0.445 e. The molecule has 0 aliphatic carbocycles. The van der Waals surface area contributed by atoms with E-state index in [4.69, 9.17) is 9.47 Å². The van der Waals surface area contributed by atoms with Gasteiger partial charge in [0.15, 0.2) is 0 Å². The lowest BCUT2D eigenvalue weighted by Crippen LogP contribution is -2.38. The number of ether oxygens (including phenoxy) is 2. The van der Waals surface area contributed by atoms with Crippen LogP contribution in [0.5, 0.6) is 0 Å². The van der Waals surface area contributed by atoms with Crippen molar-refractivity contribution >= 4 is 18.0 Å². The maximum atomic E-state index is 11.8. The van der Waals surface area contributed by atoms with Gasteiger partial charge in [-0.15, -0.1) is 0 Å². The number of ketones is 1. The molecule has 0 unspecified atom stereocenters. The number of benzene rings is 2. The van der Waals surface area contributed by atoms with Crippen molar-refractivity contribution in [2.75, 3.05) is 26.2 Å². The first kappa shape index (κ1) is 25.0. The molecule has 0 aromatic heterocycles. The highest BCUT2D eigenvalue weighted by Crippen LogP contribution is 2.15. The van der Waals surface area contributed by atoms with Crippen LogP contribution in [0.3, 0.4) is 0 Å². The van der Waals surface area contributed by atoms with Gasteiger partial charge in [-0.05, 0) is 24.0 Å². The van der Waals surface area contributed by atoms with Crippen molar-refractivity contribution in [1.82, 2.24) is 9.80 Å². The Balaban J connectivity index is 0.000000191. The molecule has 0 N–H and O–H groups in total. The first-order valence-electron chi connectivity index (χ1n) is 11.6. The van der Waals surface area contributed by atoms with E-state index in [9.17, 15) is 14.4 Å². The Kier molecular flexibility index (Phi) is 9.70. The van der Waals surface area contributed by atoms with E-state index >= 15 is 0 Å². The van der Waals surface area contributed by atoms with Gasteiger partial charge in [0.2, 0.25) is 0 Å². The molecule has 7 nitrogen and oxygen atoms in total. The summed E-state index contributed by atoms with van der Waals surface area (Å²) in [5, 5.41) is 0. The third-order valence-electron chi connectivity index (χ3n) is 5.72. The highest BCUT2D eigenvalue weighted by molar-refractivity contribution is 5.81. The minimum atomic E-state index is -0.332. The molecule has 2 fully saturated rings. The molecule has 0 spiro atoms. The molecule has 0 bridgehead atoms. The van der Waals surface area contributed by atoms with Crippen molar-refractivity contribution in [2.24, 2.45) is 0 Å². The highest BCUT2D eigenvalue weighted by atomic mass is 16.6. The minimum absolute atomic E-state index is 0.220. The molecule has 2 saturated heterocycles. The summed E-state index contributed by atoms with van der Waals surface area (Å²) >= 11 is 0. The summed E-state index contributed by atoms with van der Waals surface area (Å²) in [6, 6.07) is 19.3. The van der Waals surface area contributed by atoms with Crippen LogP contribution in [-0.2, 0) is 27.5 Å². The van der Waals surface area contributed by atoms with Crippen molar-refractivity contribution in [3.05, 3.63) is 83.9 Å². The Bertz CT molecular complexity index is 862. The summed E-state index contributed by atoms with van der Waals surface area (Å²) in [6.07, 6.45) is 2.12. The molecule has 2 amide bonds. The number of carbonyl (C=O) groups excluding carboxylic acids is 3. The second-order valence-corrected chi connectivity index (χ2v) is 8.34. The number of carbonyl (C=O) groups is 3. The molecular formula is C27H32N2O5. The summed E-state index contributed by atoms with van der Waals surface area (Å²) in [4.78, 5) is 37.8. The Morgan fingerprint density at radius 3 is 1.47 bits per heavy atom. The van der Waals surface area contributed by atoms with Crippen molar-refractivity contribution < 1.29 is 23.9 Å². The van der Waals surface area contributed by atoms with E-state index in [1.165, 1.54) is 5.57 Å². The van der Waals surface area contributed by atoms with E-state index in [0.717, 1.165) is 37.1 Å². The lowest BCUT2D eigenvalue weighted by Gasteiger charge is -2.27. The molecule has 2 aliphatic heterocycles. The molecule has 0 radical (unpaired) electrons. The molecule has 0 atom stereocenters. The van der Waals surface area contributed by atoms with Gasteiger partial charge in [0.25, 0.3) is 0 Å². The zero-order valence-electron chi connectivity index (χ0n) is 19.5. The monoisotopic (exact) mass is 464 g/mol. The van der Waals surface area contributed by atoms with E-state index < -0.39 is 0 Å². The number of hydrogen-bond donors (Lipinski definition) is 0. The molecular weight excluding hydrogens is 432 g/mol. The normalized spacial score (nSPS) is 15.8. The molecule has 4 rings (SSSR count). The van der Waals surface area contributed by atoms with Crippen LogP contribution in [0.15, 0.2) is 72.8 Å². The number of Topliss-reactive ketones (excluding diaryl/α,β-unsaturated/α-hetero) is 1. The third-order valence-corrected chi connectivity index (χ3v) is 5.72. The second kappa shape index (κ2) is 13.2. The van der Waals surface area contributed by atoms with Crippen LogP contribution >= 0.6 is 0 Å². The summed E-state index contributed by atoms with van der Waals surface area (Å²) in [6.45, 7) is 6.96. The SMILES string of the molecule is C=C1CCN(C(=O)OCc2ccccc2)CC1.O=C1CCN(C(=O)OCc2ccccc2)CC1. The van der Waals surface area contributed by atoms with E-state index in [0.29, 0.717) is 32.5 Å². The van der Waals surface area contributed by atoms with E-state index in [1.54, 1.807) is 9.80 Å². The van der Waals surface area contributed by atoms with Crippen LogP contribution in [0.4, 0.5) is 9.59 Å². The van der Waals surface area contributed by atoms with Gasteiger partial charge in [0.05, 0.1) is 0 Å². The fourth-order valence-electron chi connectivity index (χ4n) is 3.57. The molecule has 2 aliphatic rings. The number of rotatable bonds is 4. The molecule has 2 heterocycles. The van der Waals surface area contributed by atoms with Gasteiger partial charge in [0.1, 0.15) is 19.0 Å². The molecule has 7 heteroatoms. The van der Waals surface area contributed by atoms with Gasteiger partial charge in [-0.25, -0.2) is 9.59 Å². The Labute approximate surface area is 200 Å². The summed E-state index contributed by atoms with van der Waals surface area (Å²) in [5.41, 5.74) is 3.20. The van der Waals surface area contributed by atoms with Crippen molar-refractivity contribution in [2.45, 2.75) is 38.9 Å². The second-order valence-electron chi connectivity index (χ2n) is 8.34. The summed E-state index contributed by atoms with van der Waals surface area (Å²) < 4.78 is 10.4. The fourth-order valence-corrected chi connectivity index (χ4v) is 3.57. The average Bonchev–Trinajstić information content (AvgIpc) is 2.88. The maximum Gasteiger partial charge on any atom is 0.410 e. The standard InChI is InChI=1S/C14H17NO2.C13H15NO3/c1-12-7-9-15(10-8-12)14(16)17-11-13-5-3-2-4-6-13;15-12-6-8-14(9-7-12)13(16)17-10-11-4-2-1-3-5-11/h2-6H,1,7-11H2;1-5H,6-10H2. The Morgan fingerprint density at radius 1 is 0.676 bits per heavy atom. The number of likely N-dealkylation sites (tertiary alicyclic amines) is 2. The van der Waals surface area contributed by atoms with Gasteiger partial charge in [-0.2, -0.15) is 0 Å². The highest BCUT2D eigenvalue weighted by Gasteiger charge is 2.21. The topological polar surface area (TPSA) is 76.2 Å². The zero-order valence-corrected chi connectivity index (χ0v) is 19.5. The van der Waals surface area contributed by atoms with Gasteiger partial charge >= 0.3 is 12.2 Å². The molecule has 0 saturated carbocycles. The van der Waals surface area contributed by atoms with Crippen molar-refractivity contribution in [3.63, 3.8) is 0 Å². The Morgan fingerprint density at radius 2 is 1.06 bits per heavy atom. The van der Waals surface area contributed by atoms with Crippen LogP contribution in [0.1, 0.15) is 36.8 Å². The first-order chi connectivity index (χ1) is 16.5. The van der Waals surface area contributed by atoms with Gasteiger partial charge in [-0.1, -0.05) is 72.8 Å². The average molecular weight is 465 g/mol. The lowest BCUT2D eigenvalue weighted by molar-refractivity contribution is -0.121. The van der Waals surface area contributed by atoms with E-state index in [-0.39, 0.29) is 24.6 Å². The summed E-state index contributed by atoms with van der Waals surface area (Å²) in [7, 11) is 0. The lowest BCUT2D eigenvalue weighted by atomic mass is 10.1. The van der Waals surface area contributed by atoms with Crippen LogP contribution < -0.4 is 0 Å². The first-order valence-corrected chi connectivity index (χ1v) is 11.6. The fraction of sp³-hybridized carbons (Fsp3) is 0.370. The smallest absolute Gasteiger partial charge is 0.410 e. The maximum absolute atomic E-state index is 11.8. The van der Waals surface area contributed by atoms with Gasteiger partial charge in [0, 0.05) is 39.0 Å². The molecule has 180 valence electrons. The predicted octanol–water partition coefficient (Wildman–Crippen LogP) is 4.96. The minimum Gasteiger partial charge on any atom is -0.445 e. The van der Waals surface area contributed by atoms with E-state index in [1.807, 2.05) is 60.7 Å². The predicted molar refractivity (Wildman–Crippen MR) is 129 cm³/mol. The van der Waals surface area contributed by atoms with Crippen molar-refractivity contribution in [1.29, 1.82) is 0 Å². The van der Waals surface area contributed by atoms with Crippen LogP contribution in [-0.4, -0.2) is 53.9 Å². The van der Waals surface area contributed by atoms with Crippen molar-refractivity contribution in [3.8, 4) is 0 Å². The van der Waals surface area contributed by atoms with Crippen LogP contribution in [0.2, 0.25) is 0 Å². The quantitative estimate of drug-likeness (QED) is 0.598. The van der Waals surface area contributed by atoms with Crippen LogP contribution in [0.25, 0.3) is 0 Å². The van der Waals surface area contributed by atoms with Gasteiger partial charge in [-0.3, -0.25) is 4.79 Å². The van der Waals surface area contributed by atoms with Gasteiger partial charge < -0.3 is 19.3 Å². The van der Waals surface area contributed by atoms with Crippen LogP contribution in [0, 0.1) is 0 Å². The number of amides is 2. The summed E-state index contributed by atoms with van der Waals surface area (Å²) in [5.74, 6) is 0.220. The number of piperidine rings is 2. The third kappa shape index (κ3) is 8.39. The number of nitrogens with zero attached hydrogens (tertiary/aromatic N) is 2. The van der Waals surface area contributed by atoms with E-state index in [2.05, 4.69) is 6.58 Å². The zero-order chi connectivity index (χ0) is 24.2. The number of hydrogen-bond acceptors (Lipinski definition) is 5.